The summed E-state index contributed by atoms with van der Waals surface area (Å²) in [6, 6.07) is 24.8. The number of carbonyl (C=O) groups is 1. The Kier molecular flexibility index (Phi) is 5.10. The van der Waals surface area contributed by atoms with E-state index in [9.17, 15) is 18.0 Å². The smallest absolute Gasteiger partial charge is 0.273 e. The number of fused-ring (bicyclic) bond motifs is 3. The zero-order valence-corrected chi connectivity index (χ0v) is 18.0. The van der Waals surface area contributed by atoms with Gasteiger partial charge in [0.05, 0.1) is 17.1 Å². The molecule has 1 amide bonds. The average Bonchev–Trinajstić information content (AvgIpc) is 3.29. The lowest BCUT2D eigenvalue weighted by molar-refractivity contribution is -0.141. The Bertz CT molecular complexity index is 1540. The fourth-order valence-electron chi connectivity index (χ4n) is 4.03. The summed E-state index contributed by atoms with van der Waals surface area (Å²) in [6.45, 7) is 1.32. The van der Waals surface area contributed by atoms with E-state index in [-0.39, 0.29) is 5.91 Å². The van der Waals surface area contributed by atoms with Crippen molar-refractivity contribution in [2.45, 2.75) is 13.1 Å². The standard InChI is InChI=1S/C26H19F3N4O/c1-16(34)32(30)20-9-11-21(12-10-20)33-24(15-25(31-33)26(27,28)29)19-8-13-23-18(14-19)7-6-17-4-2-3-5-22(17)23/h2-15H,30H2,1H3. The quantitative estimate of drug-likeness (QED) is 0.153. The molecule has 5 aromatic rings. The fraction of sp³-hybridized carbons (Fsp3) is 0.0769. The van der Waals surface area contributed by atoms with Crippen molar-refractivity contribution in [3.8, 4) is 16.9 Å². The maximum absolute atomic E-state index is 13.6. The highest BCUT2D eigenvalue weighted by molar-refractivity contribution is 6.08. The first kappa shape index (κ1) is 21.7. The van der Waals surface area contributed by atoms with Gasteiger partial charge < -0.3 is 0 Å². The summed E-state index contributed by atoms with van der Waals surface area (Å²) < 4.78 is 41.9. The SMILES string of the molecule is CC(=O)N(N)c1ccc(-n2nc(C(F)(F)F)cc2-c2ccc3c(ccc4ccccc43)c2)cc1. The molecule has 0 aliphatic rings. The second-order valence-corrected chi connectivity index (χ2v) is 7.95. The maximum atomic E-state index is 13.6. The van der Waals surface area contributed by atoms with Gasteiger partial charge in [-0.1, -0.05) is 48.5 Å². The van der Waals surface area contributed by atoms with E-state index < -0.39 is 11.9 Å². The molecule has 0 aliphatic carbocycles. The van der Waals surface area contributed by atoms with Gasteiger partial charge in [0.25, 0.3) is 0 Å². The number of nitrogens with two attached hydrogens (primary N) is 1. The third-order valence-corrected chi connectivity index (χ3v) is 5.75. The molecule has 2 N–H and O–H groups in total. The second kappa shape index (κ2) is 8.00. The molecule has 0 saturated heterocycles. The van der Waals surface area contributed by atoms with Crippen molar-refractivity contribution in [2.75, 3.05) is 5.01 Å². The Morgan fingerprint density at radius 3 is 2.26 bits per heavy atom. The van der Waals surface area contributed by atoms with E-state index >= 15 is 0 Å². The number of hydrogen-bond acceptors (Lipinski definition) is 3. The molecule has 0 fully saturated rings. The summed E-state index contributed by atoms with van der Waals surface area (Å²) in [5, 5.41) is 8.90. The van der Waals surface area contributed by atoms with Crippen LogP contribution in [0.3, 0.4) is 0 Å². The van der Waals surface area contributed by atoms with Crippen LogP contribution in [0.1, 0.15) is 12.6 Å². The number of hydrogen-bond donors (Lipinski definition) is 1. The Morgan fingerprint density at radius 1 is 0.882 bits per heavy atom. The zero-order chi connectivity index (χ0) is 24.0. The van der Waals surface area contributed by atoms with Gasteiger partial charge in [0, 0.05) is 12.5 Å². The van der Waals surface area contributed by atoms with E-state index in [1.165, 1.54) is 11.6 Å². The van der Waals surface area contributed by atoms with E-state index in [2.05, 4.69) is 5.10 Å². The Morgan fingerprint density at radius 2 is 1.56 bits per heavy atom. The van der Waals surface area contributed by atoms with Gasteiger partial charge in [0.15, 0.2) is 5.69 Å². The first-order chi connectivity index (χ1) is 16.2. The van der Waals surface area contributed by atoms with Crippen LogP contribution in [0.15, 0.2) is 84.9 Å². The minimum Gasteiger partial charge on any atom is -0.273 e. The van der Waals surface area contributed by atoms with Gasteiger partial charge in [0.1, 0.15) is 0 Å². The number of carbonyl (C=O) groups excluding carboxylic acids is 1. The van der Waals surface area contributed by atoms with E-state index in [4.69, 9.17) is 5.84 Å². The maximum Gasteiger partial charge on any atom is 0.435 e. The highest BCUT2D eigenvalue weighted by Crippen LogP contribution is 2.35. The van der Waals surface area contributed by atoms with Crippen LogP contribution in [0.4, 0.5) is 18.9 Å². The van der Waals surface area contributed by atoms with Gasteiger partial charge in [-0.3, -0.25) is 4.79 Å². The topological polar surface area (TPSA) is 64.2 Å². The fourth-order valence-corrected chi connectivity index (χ4v) is 4.03. The molecule has 5 rings (SSSR count). The van der Waals surface area contributed by atoms with Crippen molar-refractivity contribution in [3.05, 3.63) is 90.6 Å². The molecule has 1 aromatic heterocycles. The lowest BCUT2D eigenvalue weighted by Crippen LogP contribution is -2.35. The molecule has 8 heteroatoms. The van der Waals surface area contributed by atoms with Crippen molar-refractivity contribution in [1.29, 1.82) is 0 Å². The molecular formula is C26H19F3N4O. The molecule has 1 heterocycles. The van der Waals surface area contributed by atoms with Crippen molar-refractivity contribution in [3.63, 3.8) is 0 Å². The Labute approximate surface area is 192 Å². The minimum atomic E-state index is -4.60. The van der Waals surface area contributed by atoms with Crippen LogP contribution in [0.2, 0.25) is 0 Å². The van der Waals surface area contributed by atoms with E-state index in [0.717, 1.165) is 32.6 Å². The van der Waals surface area contributed by atoms with Gasteiger partial charge in [-0.2, -0.15) is 18.3 Å². The molecule has 0 saturated carbocycles. The summed E-state index contributed by atoms with van der Waals surface area (Å²) in [6.07, 6.45) is -4.60. The molecule has 0 radical (unpaired) electrons. The molecule has 170 valence electrons. The summed E-state index contributed by atoms with van der Waals surface area (Å²) in [5.74, 6) is 5.35. The monoisotopic (exact) mass is 460 g/mol. The van der Waals surface area contributed by atoms with Gasteiger partial charge in [-0.15, -0.1) is 0 Å². The zero-order valence-electron chi connectivity index (χ0n) is 18.0. The van der Waals surface area contributed by atoms with Crippen LogP contribution in [-0.2, 0) is 11.0 Å². The predicted molar refractivity (Wildman–Crippen MR) is 126 cm³/mol. The van der Waals surface area contributed by atoms with E-state index in [1.54, 1.807) is 30.3 Å². The first-order valence-electron chi connectivity index (χ1n) is 10.5. The van der Waals surface area contributed by atoms with E-state index in [0.29, 0.717) is 22.6 Å². The number of alkyl halides is 3. The minimum absolute atomic E-state index is 0.298. The molecule has 0 unspecified atom stereocenters. The number of rotatable bonds is 3. The van der Waals surface area contributed by atoms with Crippen molar-refractivity contribution < 1.29 is 18.0 Å². The lowest BCUT2D eigenvalue weighted by Gasteiger charge is -2.15. The number of anilines is 1. The van der Waals surface area contributed by atoms with Gasteiger partial charge in [-0.25, -0.2) is 15.5 Å². The summed E-state index contributed by atoms with van der Waals surface area (Å²) in [7, 11) is 0. The molecule has 0 atom stereocenters. The van der Waals surface area contributed by atoms with Crippen LogP contribution < -0.4 is 10.9 Å². The Balaban J connectivity index is 1.65. The third kappa shape index (κ3) is 3.78. The average molecular weight is 460 g/mol. The van der Waals surface area contributed by atoms with Crippen LogP contribution >= 0.6 is 0 Å². The van der Waals surface area contributed by atoms with Gasteiger partial charge in [0.2, 0.25) is 5.91 Å². The molecule has 5 nitrogen and oxygen atoms in total. The number of amides is 1. The Hall–Kier alpha value is -4.17. The summed E-state index contributed by atoms with van der Waals surface area (Å²) >= 11 is 0. The third-order valence-electron chi connectivity index (χ3n) is 5.75. The van der Waals surface area contributed by atoms with Crippen molar-refractivity contribution in [1.82, 2.24) is 9.78 Å². The number of hydrazine groups is 1. The first-order valence-corrected chi connectivity index (χ1v) is 10.5. The number of aromatic nitrogens is 2. The lowest BCUT2D eigenvalue weighted by atomic mass is 9.99. The van der Waals surface area contributed by atoms with Crippen LogP contribution in [0.5, 0.6) is 0 Å². The second-order valence-electron chi connectivity index (χ2n) is 7.95. The van der Waals surface area contributed by atoms with E-state index in [1.807, 2.05) is 48.5 Å². The van der Waals surface area contributed by atoms with Crippen molar-refractivity contribution >= 4 is 33.1 Å². The number of nitrogens with zero attached hydrogens (tertiary/aromatic N) is 3. The largest absolute Gasteiger partial charge is 0.435 e. The van der Waals surface area contributed by atoms with Crippen molar-refractivity contribution in [2.24, 2.45) is 5.84 Å². The molecule has 34 heavy (non-hydrogen) atoms. The molecule has 0 aliphatic heterocycles. The normalized spacial score (nSPS) is 11.8. The summed E-state index contributed by atoms with van der Waals surface area (Å²) in [4.78, 5) is 11.5. The number of halogens is 3. The molecule has 0 bridgehead atoms. The molecular weight excluding hydrogens is 441 g/mol. The van der Waals surface area contributed by atoms with Gasteiger partial charge >= 0.3 is 6.18 Å². The molecule has 4 aromatic carbocycles. The highest BCUT2D eigenvalue weighted by atomic mass is 19.4. The highest BCUT2D eigenvalue weighted by Gasteiger charge is 2.35. The van der Waals surface area contributed by atoms with Crippen LogP contribution in [-0.4, -0.2) is 15.7 Å². The van der Waals surface area contributed by atoms with Gasteiger partial charge in [-0.05, 0) is 57.9 Å². The molecule has 0 spiro atoms. The van der Waals surface area contributed by atoms with Crippen LogP contribution in [0.25, 0.3) is 38.5 Å². The number of benzene rings is 4. The predicted octanol–water partition coefficient (Wildman–Crippen LogP) is 6.09. The summed E-state index contributed by atoms with van der Waals surface area (Å²) in [5.41, 5.74) is 0.725. The van der Waals surface area contributed by atoms with Crippen LogP contribution in [0, 0.1) is 0 Å².